The van der Waals surface area contributed by atoms with Crippen LogP contribution in [0.15, 0.2) is 53.4 Å². The number of hydrogen-bond acceptors (Lipinski definition) is 3. The summed E-state index contributed by atoms with van der Waals surface area (Å²) in [7, 11) is 0. The predicted molar refractivity (Wildman–Crippen MR) is 63.8 cm³/mol. The molecule has 0 fully saturated rings. The standard InChI is InChI=1S/C13H12N2O2/c16-13(15-10-12-2-1-9-17-12)4-3-11-5-7-14-8-6-11/h1-9H,10H2,(H,15,16)/b4-3+. The summed E-state index contributed by atoms with van der Waals surface area (Å²) >= 11 is 0. The molecule has 86 valence electrons. The van der Waals surface area contributed by atoms with E-state index in [0.717, 1.165) is 11.3 Å². The smallest absolute Gasteiger partial charge is 0.244 e. The molecule has 0 aliphatic carbocycles. The number of carbonyl (C=O) groups excluding carboxylic acids is 1. The van der Waals surface area contributed by atoms with Crippen molar-refractivity contribution >= 4 is 12.0 Å². The summed E-state index contributed by atoms with van der Waals surface area (Å²) in [6.07, 6.45) is 8.16. The van der Waals surface area contributed by atoms with Crippen molar-refractivity contribution in [3.8, 4) is 0 Å². The Labute approximate surface area is 99.0 Å². The minimum atomic E-state index is -0.154. The Bertz CT molecular complexity index is 489. The third kappa shape index (κ3) is 3.61. The number of nitrogens with zero attached hydrogens (tertiary/aromatic N) is 1. The number of amides is 1. The molecule has 0 aliphatic heterocycles. The van der Waals surface area contributed by atoms with E-state index in [0.29, 0.717) is 6.54 Å². The second kappa shape index (κ2) is 5.65. The molecule has 1 N–H and O–H groups in total. The van der Waals surface area contributed by atoms with Crippen LogP contribution >= 0.6 is 0 Å². The zero-order valence-electron chi connectivity index (χ0n) is 9.17. The maximum absolute atomic E-state index is 11.5. The third-order valence-electron chi connectivity index (χ3n) is 2.15. The Hall–Kier alpha value is -2.36. The molecule has 0 atom stereocenters. The van der Waals surface area contributed by atoms with E-state index in [1.54, 1.807) is 30.8 Å². The van der Waals surface area contributed by atoms with Crippen molar-refractivity contribution in [3.05, 3.63) is 60.3 Å². The molecule has 4 nitrogen and oxygen atoms in total. The van der Waals surface area contributed by atoms with Crippen molar-refractivity contribution in [2.24, 2.45) is 0 Å². The summed E-state index contributed by atoms with van der Waals surface area (Å²) in [6, 6.07) is 7.26. The van der Waals surface area contributed by atoms with Crippen molar-refractivity contribution in [1.29, 1.82) is 0 Å². The minimum Gasteiger partial charge on any atom is -0.467 e. The van der Waals surface area contributed by atoms with Gasteiger partial charge in [0.05, 0.1) is 12.8 Å². The second-order valence-corrected chi connectivity index (χ2v) is 3.41. The van der Waals surface area contributed by atoms with Crippen LogP contribution in [0.25, 0.3) is 6.08 Å². The van der Waals surface area contributed by atoms with E-state index in [4.69, 9.17) is 4.42 Å². The molecule has 0 aliphatic rings. The van der Waals surface area contributed by atoms with Crippen LogP contribution in [0.1, 0.15) is 11.3 Å². The molecular formula is C13H12N2O2. The molecule has 2 rings (SSSR count). The number of hydrogen-bond donors (Lipinski definition) is 1. The average molecular weight is 228 g/mol. The second-order valence-electron chi connectivity index (χ2n) is 3.41. The minimum absolute atomic E-state index is 0.154. The van der Waals surface area contributed by atoms with Gasteiger partial charge in [0.2, 0.25) is 5.91 Å². The number of rotatable bonds is 4. The molecule has 4 heteroatoms. The van der Waals surface area contributed by atoms with Gasteiger partial charge in [-0.25, -0.2) is 0 Å². The van der Waals surface area contributed by atoms with E-state index in [1.165, 1.54) is 6.08 Å². The highest BCUT2D eigenvalue weighted by Gasteiger charge is 1.98. The van der Waals surface area contributed by atoms with Gasteiger partial charge in [0.1, 0.15) is 5.76 Å². The Morgan fingerprint density at radius 3 is 2.88 bits per heavy atom. The average Bonchev–Trinajstić information content (AvgIpc) is 2.88. The zero-order chi connectivity index (χ0) is 11.9. The van der Waals surface area contributed by atoms with Crippen molar-refractivity contribution < 1.29 is 9.21 Å². The number of carbonyl (C=O) groups is 1. The molecule has 0 unspecified atom stereocenters. The van der Waals surface area contributed by atoms with Gasteiger partial charge < -0.3 is 9.73 Å². The summed E-state index contributed by atoms with van der Waals surface area (Å²) in [5, 5.41) is 2.72. The fourth-order valence-electron chi connectivity index (χ4n) is 1.29. The van der Waals surface area contributed by atoms with Crippen LogP contribution in [0.5, 0.6) is 0 Å². The van der Waals surface area contributed by atoms with Crippen LogP contribution < -0.4 is 5.32 Å². The van der Waals surface area contributed by atoms with E-state index in [2.05, 4.69) is 10.3 Å². The van der Waals surface area contributed by atoms with Gasteiger partial charge in [-0.1, -0.05) is 0 Å². The fraction of sp³-hybridized carbons (Fsp3) is 0.0769. The lowest BCUT2D eigenvalue weighted by atomic mass is 10.2. The molecule has 0 spiro atoms. The first-order chi connectivity index (χ1) is 8.34. The predicted octanol–water partition coefficient (Wildman–Crippen LogP) is 2.00. The normalized spacial score (nSPS) is 10.6. The molecule has 2 heterocycles. The lowest BCUT2D eigenvalue weighted by Gasteiger charge is -1.98. The first kappa shape index (κ1) is 11.1. The Morgan fingerprint density at radius 2 is 2.18 bits per heavy atom. The van der Waals surface area contributed by atoms with Gasteiger partial charge in [0.25, 0.3) is 0 Å². The first-order valence-corrected chi connectivity index (χ1v) is 5.23. The SMILES string of the molecule is O=C(/C=C/c1ccncc1)NCc1ccco1. The number of nitrogens with one attached hydrogen (secondary N) is 1. The highest BCUT2D eigenvalue weighted by atomic mass is 16.3. The highest BCUT2D eigenvalue weighted by Crippen LogP contribution is 2.00. The number of aromatic nitrogens is 1. The lowest BCUT2D eigenvalue weighted by molar-refractivity contribution is -0.116. The fourth-order valence-corrected chi connectivity index (χ4v) is 1.29. The summed E-state index contributed by atoms with van der Waals surface area (Å²) in [5.41, 5.74) is 0.938. The maximum atomic E-state index is 11.5. The summed E-state index contributed by atoms with van der Waals surface area (Å²) in [6.45, 7) is 0.395. The molecule has 0 aromatic carbocycles. The van der Waals surface area contributed by atoms with Gasteiger partial charge in [-0.15, -0.1) is 0 Å². The van der Waals surface area contributed by atoms with Gasteiger partial charge in [-0.2, -0.15) is 0 Å². The van der Waals surface area contributed by atoms with E-state index < -0.39 is 0 Å². The van der Waals surface area contributed by atoms with Crippen LogP contribution in [0.4, 0.5) is 0 Å². The van der Waals surface area contributed by atoms with Gasteiger partial charge in [-0.3, -0.25) is 9.78 Å². The topological polar surface area (TPSA) is 55.1 Å². The van der Waals surface area contributed by atoms with Crippen molar-refractivity contribution in [1.82, 2.24) is 10.3 Å². The van der Waals surface area contributed by atoms with E-state index >= 15 is 0 Å². The third-order valence-corrected chi connectivity index (χ3v) is 2.15. The number of pyridine rings is 1. The van der Waals surface area contributed by atoms with Crippen molar-refractivity contribution in [2.45, 2.75) is 6.54 Å². The summed E-state index contributed by atoms with van der Waals surface area (Å²) in [4.78, 5) is 15.4. The van der Waals surface area contributed by atoms with Gasteiger partial charge in [0, 0.05) is 18.5 Å². The molecule has 17 heavy (non-hydrogen) atoms. The van der Waals surface area contributed by atoms with Crippen LogP contribution in [0, 0.1) is 0 Å². The van der Waals surface area contributed by atoms with Crippen LogP contribution in [-0.4, -0.2) is 10.9 Å². The maximum Gasteiger partial charge on any atom is 0.244 e. The molecular weight excluding hydrogens is 216 g/mol. The molecule has 0 saturated carbocycles. The largest absolute Gasteiger partial charge is 0.467 e. The van der Waals surface area contributed by atoms with Crippen LogP contribution in [0.3, 0.4) is 0 Å². The van der Waals surface area contributed by atoms with Gasteiger partial charge >= 0.3 is 0 Å². The summed E-state index contributed by atoms with van der Waals surface area (Å²) < 4.78 is 5.10. The first-order valence-electron chi connectivity index (χ1n) is 5.23. The zero-order valence-corrected chi connectivity index (χ0v) is 9.17. The van der Waals surface area contributed by atoms with E-state index in [-0.39, 0.29) is 5.91 Å². The quantitative estimate of drug-likeness (QED) is 0.814. The van der Waals surface area contributed by atoms with Gasteiger partial charge in [0.15, 0.2) is 0 Å². The highest BCUT2D eigenvalue weighted by molar-refractivity contribution is 5.91. The molecule has 0 bridgehead atoms. The molecule has 0 saturated heterocycles. The van der Waals surface area contributed by atoms with Crippen LogP contribution in [-0.2, 0) is 11.3 Å². The van der Waals surface area contributed by atoms with Crippen LogP contribution in [0.2, 0.25) is 0 Å². The van der Waals surface area contributed by atoms with E-state index in [9.17, 15) is 4.79 Å². The van der Waals surface area contributed by atoms with Crippen molar-refractivity contribution in [2.75, 3.05) is 0 Å². The summed E-state index contributed by atoms with van der Waals surface area (Å²) in [5.74, 6) is 0.578. The number of furan rings is 1. The van der Waals surface area contributed by atoms with E-state index in [1.807, 2.05) is 18.2 Å². The Balaban J connectivity index is 1.83. The van der Waals surface area contributed by atoms with Gasteiger partial charge in [-0.05, 0) is 35.9 Å². The Kier molecular flexibility index (Phi) is 3.70. The molecule has 1 amide bonds. The Morgan fingerprint density at radius 1 is 1.35 bits per heavy atom. The molecule has 2 aromatic rings. The lowest BCUT2D eigenvalue weighted by Crippen LogP contribution is -2.19. The monoisotopic (exact) mass is 228 g/mol. The molecule has 0 radical (unpaired) electrons. The molecule has 2 aromatic heterocycles. The van der Waals surface area contributed by atoms with Crippen molar-refractivity contribution in [3.63, 3.8) is 0 Å².